The van der Waals surface area contributed by atoms with E-state index in [1.807, 2.05) is 13.8 Å². The lowest BCUT2D eigenvalue weighted by atomic mass is 10.1. The molecule has 1 aromatic rings. The van der Waals surface area contributed by atoms with Crippen LogP contribution in [0.3, 0.4) is 0 Å². The fourth-order valence-electron chi connectivity index (χ4n) is 2.80. The molecule has 144 valence electrons. The van der Waals surface area contributed by atoms with Crippen molar-refractivity contribution in [3.8, 4) is 0 Å². The minimum Gasteiger partial charge on any atom is -0.346 e. The van der Waals surface area contributed by atoms with E-state index in [9.17, 15) is 22.4 Å². The van der Waals surface area contributed by atoms with Crippen LogP contribution in [0, 0.1) is 11.7 Å². The number of Topliss-reactive ketones (excluding diaryl/α,β-unsaturated/α-hetero) is 1. The molecule has 2 rings (SSSR count). The smallest absolute Gasteiger partial charge is 0.243 e. The Morgan fingerprint density at radius 3 is 2.58 bits per heavy atom. The minimum atomic E-state index is -3.88. The summed E-state index contributed by atoms with van der Waals surface area (Å²) in [6.07, 6.45) is 1.94. The van der Waals surface area contributed by atoms with Gasteiger partial charge in [0.25, 0.3) is 0 Å². The number of sulfonamides is 1. The van der Waals surface area contributed by atoms with Gasteiger partial charge in [0.1, 0.15) is 5.82 Å². The number of hydrogen-bond acceptors (Lipinski definition) is 4. The molecule has 1 atom stereocenters. The Hall–Kier alpha value is -1.80. The Kier molecular flexibility index (Phi) is 6.88. The Labute approximate surface area is 153 Å². The van der Waals surface area contributed by atoms with Crippen LogP contribution in [0.4, 0.5) is 4.39 Å². The van der Waals surface area contributed by atoms with Crippen LogP contribution in [-0.4, -0.2) is 43.5 Å². The molecule has 1 aromatic carbocycles. The quantitative estimate of drug-likeness (QED) is 0.814. The zero-order valence-corrected chi connectivity index (χ0v) is 15.9. The first-order chi connectivity index (χ1) is 12.2. The van der Waals surface area contributed by atoms with E-state index >= 15 is 0 Å². The number of hydrogen-bond donors (Lipinski definition) is 1. The molecule has 0 spiro atoms. The number of nitrogens with one attached hydrogen (secondary N) is 1. The number of rotatable bonds is 6. The highest BCUT2D eigenvalue weighted by molar-refractivity contribution is 7.89. The predicted molar refractivity (Wildman–Crippen MR) is 95.4 cm³/mol. The lowest BCUT2D eigenvalue weighted by Crippen LogP contribution is -2.44. The molecule has 1 N–H and O–H groups in total. The normalized spacial score (nSPS) is 19.4. The van der Waals surface area contributed by atoms with E-state index in [1.54, 1.807) is 0 Å². The van der Waals surface area contributed by atoms with Crippen LogP contribution in [0.1, 0.15) is 39.5 Å². The number of benzene rings is 1. The third-order valence-corrected chi connectivity index (χ3v) is 6.22. The molecule has 1 saturated heterocycles. The van der Waals surface area contributed by atoms with Crippen molar-refractivity contribution in [2.45, 2.75) is 50.5 Å². The summed E-state index contributed by atoms with van der Waals surface area (Å²) in [5.74, 6) is -0.653. The van der Waals surface area contributed by atoms with Crippen molar-refractivity contribution in [1.29, 1.82) is 0 Å². The van der Waals surface area contributed by atoms with E-state index in [-0.39, 0.29) is 29.7 Å². The zero-order valence-electron chi connectivity index (χ0n) is 15.1. The van der Waals surface area contributed by atoms with Gasteiger partial charge in [0.15, 0.2) is 5.78 Å². The molecular formula is C18H25FN2O4S. The summed E-state index contributed by atoms with van der Waals surface area (Å²) in [7, 11) is -3.88. The molecule has 0 aromatic heterocycles. The first kappa shape index (κ1) is 20.5. The van der Waals surface area contributed by atoms with Crippen LogP contribution in [-0.2, 0) is 19.6 Å². The van der Waals surface area contributed by atoms with E-state index < -0.39 is 21.9 Å². The lowest BCUT2D eigenvalue weighted by Gasteiger charge is -2.20. The molecule has 1 aliphatic heterocycles. The first-order valence-corrected chi connectivity index (χ1v) is 10.2. The van der Waals surface area contributed by atoms with E-state index in [1.165, 1.54) is 12.1 Å². The number of nitrogens with zero attached hydrogens (tertiary/aromatic N) is 1. The maximum absolute atomic E-state index is 13.0. The molecule has 0 saturated carbocycles. The van der Waals surface area contributed by atoms with Crippen LogP contribution in [0.2, 0.25) is 0 Å². The van der Waals surface area contributed by atoms with Crippen molar-refractivity contribution in [2.24, 2.45) is 5.92 Å². The molecule has 1 heterocycles. The molecule has 6 nitrogen and oxygen atoms in total. The van der Waals surface area contributed by atoms with Gasteiger partial charge in [0.05, 0.1) is 17.5 Å². The molecule has 1 fully saturated rings. The summed E-state index contributed by atoms with van der Waals surface area (Å²) < 4.78 is 39.5. The van der Waals surface area contributed by atoms with Gasteiger partial charge in [-0.15, -0.1) is 0 Å². The number of amides is 1. The Morgan fingerprint density at radius 2 is 1.96 bits per heavy atom. The second-order valence-electron chi connectivity index (χ2n) is 6.95. The lowest BCUT2D eigenvalue weighted by molar-refractivity contribution is -0.127. The highest BCUT2D eigenvalue weighted by Gasteiger charge is 2.32. The Morgan fingerprint density at radius 1 is 1.31 bits per heavy atom. The summed E-state index contributed by atoms with van der Waals surface area (Å²) in [5, 5.41) is 2.72. The zero-order chi connectivity index (χ0) is 19.3. The van der Waals surface area contributed by atoms with E-state index in [2.05, 4.69) is 5.32 Å². The number of ketones is 1. The fourth-order valence-corrected chi connectivity index (χ4v) is 4.24. The summed E-state index contributed by atoms with van der Waals surface area (Å²) in [6.45, 7) is 3.92. The number of halogens is 1. The molecule has 8 heteroatoms. The van der Waals surface area contributed by atoms with E-state index in [0.717, 1.165) is 22.9 Å². The van der Waals surface area contributed by atoms with Gasteiger partial charge in [-0.25, -0.2) is 12.8 Å². The highest BCUT2D eigenvalue weighted by Crippen LogP contribution is 2.20. The molecule has 1 amide bonds. The van der Waals surface area contributed by atoms with Crippen molar-refractivity contribution >= 4 is 21.7 Å². The van der Waals surface area contributed by atoms with Gasteiger partial charge < -0.3 is 5.32 Å². The van der Waals surface area contributed by atoms with Crippen molar-refractivity contribution in [2.75, 3.05) is 13.1 Å². The van der Waals surface area contributed by atoms with Gasteiger partial charge in [-0.1, -0.05) is 13.8 Å². The van der Waals surface area contributed by atoms with Crippen LogP contribution in [0.5, 0.6) is 0 Å². The van der Waals surface area contributed by atoms with Gasteiger partial charge in [-0.05, 0) is 49.4 Å². The largest absolute Gasteiger partial charge is 0.346 e. The monoisotopic (exact) mass is 384 g/mol. The minimum absolute atomic E-state index is 0.0499. The van der Waals surface area contributed by atoms with Crippen LogP contribution in [0.25, 0.3) is 0 Å². The molecule has 1 aliphatic rings. The molecule has 0 radical (unpaired) electrons. The van der Waals surface area contributed by atoms with E-state index in [4.69, 9.17) is 0 Å². The molecule has 0 aliphatic carbocycles. The summed E-state index contributed by atoms with van der Waals surface area (Å²) in [4.78, 5) is 24.4. The summed E-state index contributed by atoms with van der Waals surface area (Å²) >= 11 is 0. The summed E-state index contributed by atoms with van der Waals surface area (Å²) in [5.41, 5.74) is 0. The third kappa shape index (κ3) is 5.35. The van der Waals surface area contributed by atoms with Gasteiger partial charge >= 0.3 is 0 Å². The van der Waals surface area contributed by atoms with Gasteiger partial charge in [-0.3, -0.25) is 9.59 Å². The molecular weight excluding hydrogens is 359 g/mol. The number of carbonyl (C=O) groups is 2. The first-order valence-electron chi connectivity index (χ1n) is 8.78. The highest BCUT2D eigenvalue weighted by atomic mass is 32.2. The van der Waals surface area contributed by atoms with Crippen LogP contribution in [0.15, 0.2) is 29.2 Å². The maximum Gasteiger partial charge on any atom is 0.243 e. The van der Waals surface area contributed by atoms with Crippen molar-refractivity contribution in [3.63, 3.8) is 0 Å². The molecule has 0 bridgehead atoms. The number of carbonyl (C=O) groups excluding carboxylic acids is 2. The van der Waals surface area contributed by atoms with Crippen molar-refractivity contribution in [3.05, 3.63) is 30.1 Å². The fraction of sp³-hybridized carbons (Fsp3) is 0.556. The van der Waals surface area contributed by atoms with Crippen molar-refractivity contribution in [1.82, 2.24) is 9.62 Å². The third-order valence-electron chi connectivity index (χ3n) is 4.36. The Balaban J connectivity index is 2.04. The standard InChI is InChI=1S/C18H25FN2O4S/c1-13(2)5-10-18(23)20-16-4-3-11-21(12-17(16)22)26(24,25)15-8-6-14(19)7-9-15/h6-9,13,16H,3-5,10-12H2,1-2H3,(H,20,23). The second-order valence-corrected chi connectivity index (χ2v) is 8.89. The predicted octanol–water partition coefficient (Wildman–Crippen LogP) is 2.10. The van der Waals surface area contributed by atoms with E-state index in [0.29, 0.717) is 25.2 Å². The molecule has 1 unspecified atom stereocenters. The SMILES string of the molecule is CC(C)CCC(=O)NC1CCCN(S(=O)(=O)c2ccc(F)cc2)CC1=O. The average molecular weight is 384 g/mol. The maximum atomic E-state index is 13.0. The summed E-state index contributed by atoms with van der Waals surface area (Å²) in [6, 6.07) is 3.86. The average Bonchev–Trinajstić information content (AvgIpc) is 2.76. The Bertz CT molecular complexity index is 747. The van der Waals surface area contributed by atoms with Crippen LogP contribution < -0.4 is 5.32 Å². The van der Waals surface area contributed by atoms with Gasteiger partial charge in [0.2, 0.25) is 15.9 Å². The van der Waals surface area contributed by atoms with Crippen LogP contribution >= 0.6 is 0 Å². The molecule has 26 heavy (non-hydrogen) atoms. The van der Waals surface area contributed by atoms with Gasteiger partial charge in [-0.2, -0.15) is 4.31 Å². The second kappa shape index (κ2) is 8.73. The van der Waals surface area contributed by atoms with Crippen molar-refractivity contribution < 1.29 is 22.4 Å². The van der Waals surface area contributed by atoms with Gasteiger partial charge in [0, 0.05) is 13.0 Å². The topological polar surface area (TPSA) is 83.6 Å².